The van der Waals surface area contributed by atoms with E-state index in [0.717, 1.165) is 10.6 Å². The fourth-order valence-corrected chi connectivity index (χ4v) is 3.10. The Morgan fingerprint density at radius 2 is 1.70 bits per heavy atom. The Morgan fingerprint density at radius 3 is 2.41 bits per heavy atom. The molecular formula is C22H19N3OS. The van der Waals surface area contributed by atoms with Gasteiger partial charge in [-0.15, -0.1) is 0 Å². The summed E-state index contributed by atoms with van der Waals surface area (Å²) < 4.78 is 3.32. The fourth-order valence-electron chi connectivity index (χ4n) is 2.47. The quantitative estimate of drug-likeness (QED) is 0.576. The maximum Gasteiger partial charge on any atom is 0.255 e. The van der Waals surface area contributed by atoms with Crippen molar-refractivity contribution >= 4 is 29.2 Å². The van der Waals surface area contributed by atoms with E-state index in [1.54, 1.807) is 36.4 Å². The molecule has 0 aromatic heterocycles. The van der Waals surface area contributed by atoms with E-state index < -0.39 is 0 Å². The lowest BCUT2D eigenvalue weighted by atomic mass is 10.1. The smallest absolute Gasteiger partial charge is 0.255 e. The lowest BCUT2D eigenvalue weighted by Gasteiger charge is -2.09. The molecule has 0 aliphatic rings. The minimum atomic E-state index is -0.205. The molecule has 0 unspecified atom stereocenters. The summed E-state index contributed by atoms with van der Waals surface area (Å²) in [6, 6.07) is 22.5. The summed E-state index contributed by atoms with van der Waals surface area (Å²) in [5, 5.41) is 11.7. The highest BCUT2D eigenvalue weighted by Crippen LogP contribution is 2.23. The molecule has 3 aromatic rings. The number of hydrogen-bond donors (Lipinski definition) is 2. The minimum Gasteiger partial charge on any atom is -0.326 e. The molecule has 0 spiro atoms. The highest BCUT2D eigenvalue weighted by molar-refractivity contribution is 8.00. The van der Waals surface area contributed by atoms with E-state index in [2.05, 4.69) is 42.1 Å². The lowest BCUT2D eigenvalue weighted by Crippen LogP contribution is -2.11. The van der Waals surface area contributed by atoms with Gasteiger partial charge in [-0.05, 0) is 91.5 Å². The number of rotatable bonds is 5. The maximum absolute atomic E-state index is 12.4. The van der Waals surface area contributed by atoms with Gasteiger partial charge in [-0.1, -0.05) is 12.1 Å². The normalized spacial score (nSPS) is 10.1. The van der Waals surface area contributed by atoms with Gasteiger partial charge in [0, 0.05) is 21.8 Å². The van der Waals surface area contributed by atoms with Crippen molar-refractivity contribution in [1.82, 2.24) is 0 Å². The predicted molar refractivity (Wildman–Crippen MR) is 111 cm³/mol. The van der Waals surface area contributed by atoms with Crippen LogP contribution in [0.3, 0.4) is 0 Å². The summed E-state index contributed by atoms with van der Waals surface area (Å²) in [7, 11) is 0. The van der Waals surface area contributed by atoms with E-state index in [0.29, 0.717) is 16.8 Å². The van der Waals surface area contributed by atoms with Crippen molar-refractivity contribution in [3.05, 3.63) is 89.0 Å². The van der Waals surface area contributed by atoms with Crippen LogP contribution in [0.5, 0.6) is 0 Å². The Labute approximate surface area is 163 Å². The second-order valence-electron chi connectivity index (χ2n) is 6.17. The number of nitrogens with one attached hydrogen (secondary N) is 2. The molecule has 0 saturated heterocycles. The van der Waals surface area contributed by atoms with Crippen molar-refractivity contribution in [3.63, 3.8) is 0 Å². The second-order valence-corrected chi connectivity index (χ2v) is 7.05. The molecule has 3 aromatic carbocycles. The van der Waals surface area contributed by atoms with Crippen molar-refractivity contribution in [2.75, 3.05) is 10.0 Å². The van der Waals surface area contributed by atoms with Crippen LogP contribution in [0.15, 0.2) is 71.6 Å². The highest BCUT2D eigenvalue weighted by Gasteiger charge is 2.07. The molecule has 0 saturated carbocycles. The SMILES string of the molecule is Cc1ccc(NSc2ccc(C(=O)Nc3cccc(C#N)c3)cc2)cc1C. The van der Waals surface area contributed by atoms with Crippen LogP contribution in [-0.4, -0.2) is 5.91 Å². The molecule has 27 heavy (non-hydrogen) atoms. The van der Waals surface area contributed by atoms with Gasteiger partial charge >= 0.3 is 0 Å². The molecule has 0 heterocycles. The minimum absolute atomic E-state index is 0.205. The van der Waals surface area contributed by atoms with Gasteiger partial charge in [-0.25, -0.2) is 0 Å². The van der Waals surface area contributed by atoms with E-state index in [1.807, 2.05) is 18.2 Å². The Morgan fingerprint density at radius 1 is 0.926 bits per heavy atom. The summed E-state index contributed by atoms with van der Waals surface area (Å²) in [6.07, 6.45) is 0. The first-order valence-corrected chi connectivity index (χ1v) is 9.28. The predicted octanol–water partition coefficient (Wildman–Crippen LogP) is 5.55. The third-order valence-electron chi connectivity index (χ3n) is 4.16. The average Bonchev–Trinajstić information content (AvgIpc) is 2.69. The van der Waals surface area contributed by atoms with Crippen LogP contribution in [-0.2, 0) is 0 Å². The summed E-state index contributed by atoms with van der Waals surface area (Å²) in [5.74, 6) is -0.205. The lowest BCUT2D eigenvalue weighted by molar-refractivity contribution is 0.102. The van der Waals surface area contributed by atoms with Gasteiger partial charge in [-0.2, -0.15) is 5.26 Å². The van der Waals surface area contributed by atoms with Crippen LogP contribution in [0.1, 0.15) is 27.0 Å². The zero-order chi connectivity index (χ0) is 19.2. The van der Waals surface area contributed by atoms with Crippen molar-refractivity contribution in [3.8, 4) is 6.07 Å². The maximum atomic E-state index is 12.4. The molecule has 0 aliphatic heterocycles. The van der Waals surface area contributed by atoms with Gasteiger partial charge in [-0.3, -0.25) is 4.79 Å². The fraction of sp³-hybridized carbons (Fsp3) is 0.0909. The molecule has 0 atom stereocenters. The third-order valence-corrected chi connectivity index (χ3v) is 5.01. The number of aryl methyl sites for hydroxylation is 2. The molecule has 0 aliphatic carbocycles. The van der Waals surface area contributed by atoms with Gasteiger partial charge in [0.25, 0.3) is 5.91 Å². The van der Waals surface area contributed by atoms with Gasteiger partial charge in [0.1, 0.15) is 0 Å². The summed E-state index contributed by atoms with van der Waals surface area (Å²) in [4.78, 5) is 13.4. The van der Waals surface area contributed by atoms with E-state index in [1.165, 1.54) is 23.1 Å². The molecule has 0 bridgehead atoms. The van der Waals surface area contributed by atoms with Crippen LogP contribution < -0.4 is 10.0 Å². The van der Waals surface area contributed by atoms with Crippen LogP contribution in [0.4, 0.5) is 11.4 Å². The van der Waals surface area contributed by atoms with Crippen molar-refractivity contribution in [2.24, 2.45) is 0 Å². The summed E-state index contributed by atoms with van der Waals surface area (Å²) in [6.45, 7) is 4.18. The van der Waals surface area contributed by atoms with Crippen LogP contribution in [0.2, 0.25) is 0 Å². The molecule has 1 amide bonds. The van der Waals surface area contributed by atoms with Crippen molar-refractivity contribution < 1.29 is 4.79 Å². The first-order valence-electron chi connectivity index (χ1n) is 8.47. The highest BCUT2D eigenvalue weighted by atomic mass is 32.2. The number of carbonyl (C=O) groups is 1. The van der Waals surface area contributed by atoms with Crippen LogP contribution >= 0.6 is 11.9 Å². The Balaban J connectivity index is 1.61. The Hall–Kier alpha value is -3.23. The van der Waals surface area contributed by atoms with Gasteiger partial charge in [0.2, 0.25) is 0 Å². The zero-order valence-electron chi connectivity index (χ0n) is 15.1. The molecule has 134 valence electrons. The first kappa shape index (κ1) is 18.6. The molecule has 0 radical (unpaired) electrons. The van der Waals surface area contributed by atoms with Crippen molar-refractivity contribution in [1.29, 1.82) is 5.26 Å². The van der Waals surface area contributed by atoms with Crippen molar-refractivity contribution in [2.45, 2.75) is 18.7 Å². The van der Waals surface area contributed by atoms with Gasteiger partial charge < -0.3 is 10.0 Å². The summed E-state index contributed by atoms with van der Waals surface area (Å²) in [5.41, 5.74) is 5.23. The van der Waals surface area contributed by atoms with Gasteiger partial charge in [0.15, 0.2) is 0 Å². The average molecular weight is 373 g/mol. The number of hydrogen-bond acceptors (Lipinski definition) is 4. The molecule has 2 N–H and O–H groups in total. The molecule has 4 nitrogen and oxygen atoms in total. The number of amides is 1. The summed E-state index contributed by atoms with van der Waals surface area (Å²) >= 11 is 1.50. The largest absolute Gasteiger partial charge is 0.326 e. The zero-order valence-corrected chi connectivity index (χ0v) is 15.9. The molecule has 5 heteroatoms. The topological polar surface area (TPSA) is 64.9 Å². The first-order chi connectivity index (χ1) is 13.0. The van der Waals surface area contributed by atoms with E-state index in [4.69, 9.17) is 5.26 Å². The standard InChI is InChI=1S/C22H19N3OS/c1-15-6-9-20(12-16(15)2)25-27-21-10-7-18(8-11-21)22(26)24-19-5-3-4-17(13-19)14-23/h3-13,25H,1-2H3,(H,24,26). The van der Waals surface area contributed by atoms with Gasteiger partial charge in [0.05, 0.1) is 11.6 Å². The monoisotopic (exact) mass is 373 g/mol. The number of nitrogens with zero attached hydrogens (tertiary/aromatic N) is 1. The molecule has 0 fully saturated rings. The number of nitriles is 1. The van der Waals surface area contributed by atoms with E-state index >= 15 is 0 Å². The third kappa shape index (κ3) is 4.90. The number of anilines is 2. The second kappa shape index (κ2) is 8.43. The van der Waals surface area contributed by atoms with E-state index in [-0.39, 0.29) is 5.91 Å². The van der Waals surface area contributed by atoms with E-state index in [9.17, 15) is 4.79 Å². The molecule has 3 rings (SSSR count). The Kier molecular flexibility index (Phi) is 5.80. The number of carbonyl (C=O) groups excluding carboxylic acids is 1. The van der Waals surface area contributed by atoms with Crippen LogP contribution in [0, 0.1) is 25.2 Å². The molecular weight excluding hydrogens is 354 g/mol. The Bertz CT molecular complexity index is 1010. The number of benzene rings is 3. The van der Waals surface area contributed by atoms with Crippen LogP contribution in [0.25, 0.3) is 0 Å².